The average molecular weight is 686 g/mol. The van der Waals surface area contributed by atoms with Crippen LogP contribution >= 0.6 is 0 Å². The highest BCUT2D eigenvalue weighted by Gasteiger charge is 2.56. The van der Waals surface area contributed by atoms with Crippen LogP contribution in [-0.4, -0.2) is 109 Å². The van der Waals surface area contributed by atoms with Crippen molar-refractivity contribution in [3.8, 4) is 5.75 Å². The second kappa shape index (κ2) is 16.8. The number of nitro groups is 1. The summed E-state index contributed by atoms with van der Waals surface area (Å²) in [4.78, 5) is 83.1. The monoisotopic (exact) mass is 685 g/mol. The summed E-state index contributed by atoms with van der Waals surface area (Å²) in [6.45, 7) is 5.40. The molecule has 0 radical (unpaired) electrons. The van der Waals surface area contributed by atoms with E-state index in [2.05, 4.69) is 0 Å². The summed E-state index contributed by atoms with van der Waals surface area (Å²) in [5.74, 6) is -5.00. The molecule has 0 bridgehead atoms. The van der Waals surface area contributed by atoms with Crippen molar-refractivity contribution in [2.45, 2.75) is 96.9 Å². The smallest absolute Gasteiger partial charge is 0.303 e. The minimum absolute atomic E-state index is 0.0553. The maximum absolute atomic E-state index is 12.3. The van der Waals surface area contributed by atoms with E-state index in [0.29, 0.717) is 0 Å². The molecule has 0 saturated carbocycles. The Morgan fingerprint density at radius 1 is 0.688 bits per heavy atom. The maximum Gasteiger partial charge on any atom is 0.303 e. The van der Waals surface area contributed by atoms with E-state index in [1.54, 1.807) is 0 Å². The lowest BCUT2D eigenvalue weighted by Gasteiger charge is -2.47. The van der Waals surface area contributed by atoms with Gasteiger partial charge in [-0.25, -0.2) is 0 Å². The molecule has 0 N–H and O–H groups in total. The van der Waals surface area contributed by atoms with E-state index in [-0.39, 0.29) is 11.4 Å². The normalized spacial score (nSPS) is 28.2. The molecule has 2 aliphatic rings. The van der Waals surface area contributed by atoms with Crippen molar-refractivity contribution in [2.24, 2.45) is 0 Å². The van der Waals surface area contributed by atoms with Gasteiger partial charge in [0, 0.05) is 53.7 Å². The van der Waals surface area contributed by atoms with Gasteiger partial charge in [-0.15, -0.1) is 0 Å². The van der Waals surface area contributed by atoms with E-state index in [9.17, 15) is 38.9 Å². The molecule has 3 rings (SSSR count). The molecule has 48 heavy (non-hydrogen) atoms. The number of benzene rings is 1. The quantitative estimate of drug-likeness (QED) is 0.127. The van der Waals surface area contributed by atoms with E-state index in [0.717, 1.165) is 53.7 Å². The Kier molecular flexibility index (Phi) is 13.1. The second-order valence-electron chi connectivity index (χ2n) is 10.5. The van der Waals surface area contributed by atoms with Crippen LogP contribution in [0.3, 0.4) is 0 Å². The summed E-state index contributed by atoms with van der Waals surface area (Å²) in [7, 11) is 0. The Balaban J connectivity index is 2.08. The highest BCUT2D eigenvalue weighted by atomic mass is 16.8. The van der Waals surface area contributed by atoms with Crippen LogP contribution in [0.25, 0.3) is 0 Å². The molecule has 0 aromatic heterocycles. The molecule has 0 spiro atoms. The first-order valence-electron chi connectivity index (χ1n) is 14.4. The van der Waals surface area contributed by atoms with Crippen molar-refractivity contribution in [3.05, 3.63) is 34.4 Å². The molecule has 0 aliphatic carbocycles. The van der Waals surface area contributed by atoms with Gasteiger partial charge in [-0.2, -0.15) is 0 Å². The molecule has 264 valence electrons. The fraction of sp³-hybridized carbons (Fsp3) is 0.586. The zero-order valence-electron chi connectivity index (χ0n) is 26.7. The van der Waals surface area contributed by atoms with Crippen molar-refractivity contribution in [2.75, 3.05) is 13.2 Å². The number of hydrogen-bond donors (Lipinski definition) is 0. The van der Waals surface area contributed by atoms with E-state index < -0.39 is 109 Å². The van der Waals surface area contributed by atoms with Gasteiger partial charge in [-0.3, -0.25) is 38.9 Å². The number of hydrogen-bond acceptors (Lipinski definition) is 18. The Morgan fingerprint density at radius 2 is 1.19 bits per heavy atom. The van der Waals surface area contributed by atoms with Gasteiger partial charge < -0.3 is 47.4 Å². The van der Waals surface area contributed by atoms with Gasteiger partial charge in [0.15, 0.2) is 36.8 Å². The zero-order chi connectivity index (χ0) is 35.7. The molecule has 2 saturated heterocycles. The summed E-state index contributed by atoms with van der Waals surface area (Å²) in [6.07, 6.45) is -13.8. The van der Waals surface area contributed by atoms with E-state index in [1.165, 1.54) is 12.1 Å². The summed E-state index contributed by atoms with van der Waals surface area (Å²) >= 11 is 0. The zero-order valence-corrected chi connectivity index (χ0v) is 26.7. The highest BCUT2D eigenvalue weighted by Crippen LogP contribution is 2.34. The molecule has 2 aliphatic heterocycles. The number of rotatable bonds is 12. The van der Waals surface area contributed by atoms with Gasteiger partial charge in [-0.05, 0) is 12.1 Å². The van der Waals surface area contributed by atoms with Gasteiger partial charge in [0.2, 0.25) is 6.29 Å². The standard InChI is InChI=1S/C29H35NO18/c1-13(31)39-11-22-23(42-15(3)33)25(43-16(4)34)27(45-18(6)36)29(47-22)48-24-21(41-14(2)32)12-40-28(26(24)44-17(5)35)46-20-9-7-19(8-10-20)30(37)38/h7-10,21-29H,11-12H2,1-6H3/t21-,22-,23+,24+,25+,26-,27-,28+,29+/m1/s1. The second-order valence-corrected chi connectivity index (χ2v) is 10.5. The van der Waals surface area contributed by atoms with Crippen LogP contribution in [0.2, 0.25) is 0 Å². The molecule has 2 heterocycles. The third-order valence-corrected chi connectivity index (χ3v) is 6.54. The number of nitro benzene ring substituents is 1. The predicted octanol–water partition coefficient (Wildman–Crippen LogP) is 0.662. The summed E-state index contributed by atoms with van der Waals surface area (Å²) in [5, 5.41) is 11.1. The van der Waals surface area contributed by atoms with Gasteiger partial charge in [0.25, 0.3) is 5.69 Å². The SMILES string of the molecule is CC(=O)OC[C@H]1O[C@@H](O[C@@H]2[C@@H](OC(C)=O)[C@H](Oc3ccc([N+](=O)[O-])cc3)OC[C@H]2OC(C)=O)[C@H](OC(C)=O)[C@@H](OC(C)=O)[C@H]1OC(C)=O. The first-order chi connectivity index (χ1) is 22.5. The van der Waals surface area contributed by atoms with E-state index in [1.807, 2.05) is 0 Å². The third kappa shape index (κ3) is 10.6. The molecule has 19 nitrogen and oxygen atoms in total. The van der Waals surface area contributed by atoms with Gasteiger partial charge >= 0.3 is 35.8 Å². The van der Waals surface area contributed by atoms with E-state index >= 15 is 0 Å². The number of nitrogens with zero attached hydrogens (tertiary/aromatic N) is 1. The van der Waals surface area contributed by atoms with Crippen LogP contribution in [0.15, 0.2) is 24.3 Å². The molecular formula is C29H35NO18. The fourth-order valence-electron chi connectivity index (χ4n) is 4.87. The lowest BCUT2D eigenvalue weighted by molar-refractivity contribution is -0.384. The Morgan fingerprint density at radius 3 is 1.69 bits per heavy atom. The van der Waals surface area contributed by atoms with E-state index in [4.69, 9.17) is 47.4 Å². The Hall–Kier alpha value is -4.88. The lowest BCUT2D eigenvalue weighted by atomic mass is 9.97. The molecule has 9 atom stereocenters. The summed E-state index contributed by atoms with van der Waals surface area (Å²) < 4.78 is 55.9. The molecule has 0 amide bonds. The topological polar surface area (TPSA) is 238 Å². The minimum atomic E-state index is -1.76. The number of carbonyl (C=O) groups excluding carboxylic acids is 6. The number of ether oxygens (including phenoxy) is 10. The minimum Gasteiger partial charge on any atom is -0.463 e. The van der Waals surface area contributed by atoms with Crippen LogP contribution in [-0.2, 0) is 71.4 Å². The number of carbonyl (C=O) groups is 6. The Bertz CT molecular complexity index is 1360. The van der Waals surface area contributed by atoms with Gasteiger partial charge in [0.1, 0.15) is 24.6 Å². The van der Waals surface area contributed by atoms with Crippen LogP contribution < -0.4 is 4.74 Å². The molecule has 0 unspecified atom stereocenters. The van der Waals surface area contributed by atoms with Crippen molar-refractivity contribution >= 4 is 41.5 Å². The predicted molar refractivity (Wildman–Crippen MR) is 151 cm³/mol. The molecule has 19 heteroatoms. The average Bonchev–Trinajstić information content (AvgIpc) is 2.97. The highest BCUT2D eigenvalue weighted by molar-refractivity contribution is 5.69. The van der Waals surface area contributed by atoms with Crippen molar-refractivity contribution in [1.29, 1.82) is 0 Å². The maximum atomic E-state index is 12.3. The van der Waals surface area contributed by atoms with Crippen LogP contribution in [0.4, 0.5) is 5.69 Å². The van der Waals surface area contributed by atoms with Crippen molar-refractivity contribution < 1.29 is 81.1 Å². The Labute approximate surface area is 273 Å². The third-order valence-electron chi connectivity index (χ3n) is 6.54. The number of esters is 6. The van der Waals surface area contributed by atoms with Gasteiger partial charge in [0.05, 0.1) is 11.5 Å². The number of non-ortho nitro benzene ring substituents is 1. The summed E-state index contributed by atoms with van der Waals surface area (Å²) in [6, 6.07) is 4.85. The fourth-order valence-corrected chi connectivity index (χ4v) is 4.87. The molecular weight excluding hydrogens is 650 g/mol. The van der Waals surface area contributed by atoms with Crippen LogP contribution in [0, 0.1) is 10.1 Å². The summed E-state index contributed by atoms with van der Waals surface area (Å²) in [5.41, 5.74) is -0.233. The molecule has 1 aromatic carbocycles. The molecule has 2 fully saturated rings. The van der Waals surface area contributed by atoms with Crippen LogP contribution in [0.5, 0.6) is 5.75 Å². The first-order valence-corrected chi connectivity index (χ1v) is 14.4. The lowest BCUT2D eigenvalue weighted by Crippen LogP contribution is -2.66. The van der Waals surface area contributed by atoms with Crippen molar-refractivity contribution in [1.82, 2.24) is 0 Å². The first kappa shape index (κ1) is 37.6. The van der Waals surface area contributed by atoms with Crippen molar-refractivity contribution in [3.63, 3.8) is 0 Å². The van der Waals surface area contributed by atoms with Gasteiger partial charge in [-0.1, -0.05) is 0 Å². The molecule has 1 aromatic rings. The largest absolute Gasteiger partial charge is 0.463 e. The van der Waals surface area contributed by atoms with Crippen LogP contribution in [0.1, 0.15) is 41.5 Å².